The van der Waals surface area contributed by atoms with Gasteiger partial charge in [-0.05, 0) is 26.0 Å². The summed E-state index contributed by atoms with van der Waals surface area (Å²) in [5.41, 5.74) is -0.0516. The van der Waals surface area contributed by atoms with E-state index in [2.05, 4.69) is 20.3 Å². The van der Waals surface area contributed by atoms with Crippen molar-refractivity contribution in [1.29, 1.82) is 0 Å². The summed E-state index contributed by atoms with van der Waals surface area (Å²) in [7, 11) is 0. The number of H-pyrrole nitrogens is 2. The summed E-state index contributed by atoms with van der Waals surface area (Å²) in [6.07, 6.45) is 1.33. The van der Waals surface area contributed by atoms with E-state index in [1.165, 1.54) is 12.3 Å². The molecule has 0 aliphatic carbocycles. The van der Waals surface area contributed by atoms with Crippen LogP contribution in [0.4, 0.5) is 0 Å². The molecule has 1 amide bonds. The fourth-order valence-electron chi connectivity index (χ4n) is 2.47. The van der Waals surface area contributed by atoms with Crippen LogP contribution in [0.25, 0.3) is 11.0 Å². The van der Waals surface area contributed by atoms with Gasteiger partial charge >= 0.3 is 5.69 Å². The predicted molar refractivity (Wildman–Crippen MR) is 96.4 cm³/mol. The number of pyridine rings is 1. The highest BCUT2D eigenvalue weighted by Crippen LogP contribution is 2.19. The predicted octanol–water partition coefficient (Wildman–Crippen LogP) is 1.33. The van der Waals surface area contributed by atoms with Crippen molar-refractivity contribution in [1.82, 2.24) is 20.3 Å². The lowest BCUT2D eigenvalue weighted by Gasteiger charge is -2.14. The summed E-state index contributed by atoms with van der Waals surface area (Å²) in [4.78, 5) is 44.0. The third kappa shape index (κ3) is 3.80. The van der Waals surface area contributed by atoms with Gasteiger partial charge in [0.15, 0.2) is 0 Å². The van der Waals surface area contributed by atoms with E-state index in [4.69, 9.17) is 4.74 Å². The van der Waals surface area contributed by atoms with Gasteiger partial charge in [0, 0.05) is 18.3 Å². The average Bonchev–Trinajstić information content (AvgIpc) is 2.60. The number of benzene rings is 1. The molecule has 0 spiro atoms. The summed E-state index contributed by atoms with van der Waals surface area (Å²) in [6.45, 7) is 4.12. The molecule has 0 radical (unpaired) electrons. The van der Waals surface area contributed by atoms with E-state index in [-0.39, 0.29) is 35.2 Å². The molecule has 134 valence electrons. The number of fused-ring (bicyclic) bond motifs is 1. The third-order valence-electron chi connectivity index (χ3n) is 3.63. The zero-order chi connectivity index (χ0) is 18.7. The molecule has 0 bridgehead atoms. The normalized spacial score (nSPS) is 10.9. The maximum absolute atomic E-state index is 12.4. The van der Waals surface area contributed by atoms with Crippen LogP contribution in [0.2, 0.25) is 0 Å². The molecule has 26 heavy (non-hydrogen) atoms. The Bertz CT molecular complexity index is 1070. The van der Waals surface area contributed by atoms with Gasteiger partial charge < -0.3 is 10.1 Å². The van der Waals surface area contributed by atoms with Crippen LogP contribution < -0.4 is 21.3 Å². The first-order valence-corrected chi connectivity index (χ1v) is 8.09. The largest absolute Gasteiger partial charge is 0.491 e. The standard InChI is InChI=1S/C18H18N4O4/c1-10(2)26-14-6-4-3-5-11(14)8-20-16(23)12-7-13-15(19-9-12)21-18(25)22-17(13)24/h3-7,9-10H,8H2,1-2H3,(H,20,23)(H2,19,21,22,24,25). The van der Waals surface area contributed by atoms with Gasteiger partial charge in [-0.15, -0.1) is 0 Å². The Balaban J connectivity index is 1.80. The first kappa shape index (κ1) is 17.4. The van der Waals surface area contributed by atoms with Crippen molar-refractivity contribution in [2.45, 2.75) is 26.5 Å². The number of nitrogens with one attached hydrogen (secondary N) is 3. The molecule has 0 atom stereocenters. The first-order chi connectivity index (χ1) is 12.4. The van der Waals surface area contributed by atoms with Crippen LogP contribution in [0, 0.1) is 0 Å². The molecule has 2 heterocycles. The summed E-state index contributed by atoms with van der Waals surface area (Å²) in [5, 5.41) is 2.92. The smallest absolute Gasteiger partial charge is 0.327 e. The fourth-order valence-corrected chi connectivity index (χ4v) is 2.47. The van der Waals surface area contributed by atoms with E-state index in [0.717, 1.165) is 5.56 Å². The summed E-state index contributed by atoms with van der Waals surface area (Å²) in [6, 6.07) is 8.83. The molecule has 3 N–H and O–H groups in total. The molecule has 0 saturated heterocycles. The molecule has 0 aliphatic heterocycles. The van der Waals surface area contributed by atoms with Crippen molar-refractivity contribution in [3.63, 3.8) is 0 Å². The number of ether oxygens (including phenoxy) is 1. The van der Waals surface area contributed by atoms with Crippen molar-refractivity contribution in [3.8, 4) is 5.75 Å². The summed E-state index contributed by atoms with van der Waals surface area (Å²) >= 11 is 0. The number of carbonyl (C=O) groups is 1. The maximum atomic E-state index is 12.4. The number of amides is 1. The van der Waals surface area contributed by atoms with E-state index in [1.807, 2.05) is 38.1 Å². The molecule has 8 nitrogen and oxygen atoms in total. The highest BCUT2D eigenvalue weighted by Gasteiger charge is 2.11. The van der Waals surface area contributed by atoms with Gasteiger partial charge in [-0.2, -0.15) is 0 Å². The number of hydrogen-bond donors (Lipinski definition) is 3. The van der Waals surface area contributed by atoms with Gasteiger partial charge in [0.05, 0.1) is 17.1 Å². The number of aromatic nitrogens is 3. The van der Waals surface area contributed by atoms with Crippen molar-refractivity contribution < 1.29 is 9.53 Å². The van der Waals surface area contributed by atoms with Gasteiger partial charge in [-0.3, -0.25) is 19.6 Å². The highest BCUT2D eigenvalue weighted by atomic mass is 16.5. The van der Waals surface area contributed by atoms with Crippen molar-refractivity contribution in [2.24, 2.45) is 0 Å². The number of hydrogen-bond acceptors (Lipinski definition) is 5. The lowest BCUT2D eigenvalue weighted by molar-refractivity contribution is 0.0950. The van der Waals surface area contributed by atoms with E-state index in [0.29, 0.717) is 5.75 Å². The van der Waals surface area contributed by atoms with E-state index < -0.39 is 11.2 Å². The molecule has 0 aliphatic rings. The Morgan fingerprint density at radius 1 is 1.23 bits per heavy atom. The van der Waals surface area contributed by atoms with Crippen LogP contribution in [0.3, 0.4) is 0 Å². The number of para-hydroxylation sites is 1. The molecule has 8 heteroatoms. The Morgan fingerprint density at radius 2 is 2.00 bits per heavy atom. The second-order valence-corrected chi connectivity index (χ2v) is 5.99. The molecule has 0 saturated carbocycles. The molecule has 3 rings (SSSR count). The Labute approximate surface area is 148 Å². The molecule has 3 aromatic rings. The molecular formula is C18H18N4O4. The van der Waals surface area contributed by atoms with Gasteiger partial charge in [0.2, 0.25) is 0 Å². The number of rotatable bonds is 5. The minimum Gasteiger partial charge on any atom is -0.491 e. The number of aromatic amines is 2. The molecule has 0 fully saturated rings. The minimum absolute atomic E-state index is 0.0189. The zero-order valence-corrected chi connectivity index (χ0v) is 14.3. The lowest BCUT2D eigenvalue weighted by Crippen LogP contribution is -2.25. The van der Waals surface area contributed by atoms with E-state index in [9.17, 15) is 14.4 Å². The van der Waals surface area contributed by atoms with Crippen LogP contribution in [-0.4, -0.2) is 27.0 Å². The average molecular weight is 354 g/mol. The van der Waals surface area contributed by atoms with E-state index >= 15 is 0 Å². The topological polar surface area (TPSA) is 117 Å². The van der Waals surface area contributed by atoms with E-state index in [1.54, 1.807) is 0 Å². The zero-order valence-electron chi connectivity index (χ0n) is 14.3. The first-order valence-electron chi connectivity index (χ1n) is 8.09. The fraction of sp³-hybridized carbons (Fsp3) is 0.222. The van der Waals surface area contributed by atoms with Crippen LogP contribution in [0.5, 0.6) is 5.75 Å². The number of nitrogens with zero attached hydrogens (tertiary/aromatic N) is 1. The Kier molecular flexibility index (Phi) is 4.83. The van der Waals surface area contributed by atoms with Crippen LogP contribution in [0.15, 0.2) is 46.1 Å². The van der Waals surface area contributed by atoms with Crippen molar-refractivity contribution in [3.05, 3.63) is 68.5 Å². The van der Waals surface area contributed by atoms with Crippen molar-refractivity contribution >= 4 is 16.9 Å². The summed E-state index contributed by atoms with van der Waals surface area (Å²) < 4.78 is 5.73. The van der Waals surface area contributed by atoms with Crippen LogP contribution >= 0.6 is 0 Å². The summed E-state index contributed by atoms with van der Waals surface area (Å²) in [5.74, 6) is 0.317. The van der Waals surface area contributed by atoms with Gasteiger partial charge in [0.1, 0.15) is 11.4 Å². The van der Waals surface area contributed by atoms with Gasteiger partial charge in [0.25, 0.3) is 11.5 Å². The quantitative estimate of drug-likeness (QED) is 0.639. The van der Waals surface area contributed by atoms with Crippen LogP contribution in [0.1, 0.15) is 29.8 Å². The monoisotopic (exact) mass is 354 g/mol. The Morgan fingerprint density at radius 3 is 2.77 bits per heavy atom. The van der Waals surface area contributed by atoms with Gasteiger partial charge in [-0.25, -0.2) is 9.78 Å². The molecule has 2 aromatic heterocycles. The third-order valence-corrected chi connectivity index (χ3v) is 3.63. The lowest BCUT2D eigenvalue weighted by atomic mass is 10.2. The van der Waals surface area contributed by atoms with Gasteiger partial charge in [-0.1, -0.05) is 18.2 Å². The second kappa shape index (κ2) is 7.22. The molecule has 0 unspecified atom stereocenters. The molecule has 1 aromatic carbocycles. The SMILES string of the molecule is CC(C)Oc1ccccc1CNC(=O)c1cnc2[nH]c(=O)[nH]c(=O)c2c1. The van der Waals surface area contributed by atoms with Crippen LogP contribution in [-0.2, 0) is 6.54 Å². The maximum Gasteiger partial charge on any atom is 0.327 e. The second-order valence-electron chi connectivity index (χ2n) is 5.99. The highest BCUT2D eigenvalue weighted by molar-refractivity contribution is 5.96. The number of carbonyl (C=O) groups excluding carboxylic acids is 1. The minimum atomic E-state index is -0.644. The van der Waals surface area contributed by atoms with Crippen molar-refractivity contribution in [2.75, 3.05) is 0 Å². The Hall–Kier alpha value is -3.42. The molecular weight excluding hydrogens is 336 g/mol.